The molecule has 2 aromatic heterocycles. The van der Waals surface area contributed by atoms with Crippen LogP contribution in [-0.4, -0.2) is 16.1 Å². The van der Waals surface area contributed by atoms with Gasteiger partial charge in [-0.2, -0.15) is 5.10 Å². The van der Waals surface area contributed by atoms with Gasteiger partial charge in [0, 0.05) is 9.75 Å². The smallest absolute Gasteiger partial charge is 0.274 e. The second-order valence-corrected chi connectivity index (χ2v) is 6.14. The molecule has 1 unspecified atom stereocenters. The van der Waals surface area contributed by atoms with Crippen LogP contribution in [0, 0.1) is 20.8 Å². The topological polar surface area (TPSA) is 83.8 Å². The molecule has 0 saturated carbocycles. The van der Waals surface area contributed by atoms with Crippen LogP contribution in [0.2, 0.25) is 0 Å². The normalized spacial score (nSPS) is 12.4. The van der Waals surface area contributed by atoms with E-state index in [-0.39, 0.29) is 17.6 Å². The lowest BCUT2D eigenvalue weighted by molar-refractivity contribution is 0.0935. The van der Waals surface area contributed by atoms with Gasteiger partial charge in [-0.1, -0.05) is 0 Å². The summed E-state index contributed by atoms with van der Waals surface area (Å²) in [5, 5.41) is 9.57. The van der Waals surface area contributed by atoms with Gasteiger partial charge in [0.25, 0.3) is 5.91 Å². The minimum atomic E-state index is -0.252. The van der Waals surface area contributed by atoms with E-state index in [1.54, 1.807) is 18.3 Å². The van der Waals surface area contributed by atoms with E-state index in [2.05, 4.69) is 35.4 Å². The van der Waals surface area contributed by atoms with Crippen molar-refractivity contribution >= 4 is 22.9 Å². The zero-order chi connectivity index (χ0) is 14.2. The monoisotopic (exact) mass is 278 g/mol. The van der Waals surface area contributed by atoms with Gasteiger partial charge < -0.3 is 11.1 Å². The van der Waals surface area contributed by atoms with Gasteiger partial charge in [0.1, 0.15) is 0 Å². The zero-order valence-corrected chi connectivity index (χ0v) is 12.3. The lowest BCUT2D eigenvalue weighted by Crippen LogP contribution is -2.27. The maximum atomic E-state index is 12.1. The zero-order valence-electron chi connectivity index (χ0n) is 11.5. The fourth-order valence-corrected chi connectivity index (χ4v) is 3.06. The molecular formula is C13H18N4OS. The summed E-state index contributed by atoms with van der Waals surface area (Å²) in [7, 11) is 0. The van der Waals surface area contributed by atoms with Gasteiger partial charge in [0.15, 0.2) is 5.69 Å². The second kappa shape index (κ2) is 5.05. The highest BCUT2D eigenvalue weighted by atomic mass is 32.1. The fraction of sp³-hybridized carbons (Fsp3) is 0.385. The number of rotatable bonds is 3. The molecule has 5 nitrogen and oxygen atoms in total. The Balaban J connectivity index is 2.15. The summed E-state index contributed by atoms with van der Waals surface area (Å²) in [6.07, 6.45) is 0. The number of carbonyl (C=O) groups excluding carboxylic acids is 1. The van der Waals surface area contributed by atoms with Crippen LogP contribution in [0.4, 0.5) is 5.69 Å². The minimum Gasteiger partial charge on any atom is -0.395 e. The van der Waals surface area contributed by atoms with Gasteiger partial charge in [-0.25, -0.2) is 0 Å². The summed E-state index contributed by atoms with van der Waals surface area (Å²) >= 11 is 1.73. The van der Waals surface area contributed by atoms with Crippen molar-refractivity contribution in [3.8, 4) is 0 Å². The molecule has 0 spiro atoms. The molecule has 0 aliphatic carbocycles. The molecule has 4 N–H and O–H groups in total. The van der Waals surface area contributed by atoms with Crippen LogP contribution in [-0.2, 0) is 0 Å². The van der Waals surface area contributed by atoms with Gasteiger partial charge in [-0.15, -0.1) is 11.3 Å². The van der Waals surface area contributed by atoms with E-state index in [9.17, 15) is 4.79 Å². The average molecular weight is 278 g/mol. The van der Waals surface area contributed by atoms with Gasteiger partial charge in [-0.05, 0) is 39.3 Å². The van der Waals surface area contributed by atoms with E-state index in [0.29, 0.717) is 11.4 Å². The first-order valence-corrected chi connectivity index (χ1v) is 6.90. The van der Waals surface area contributed by atoms with Crippen LogP contribution in [0.3, 0.4) is 0 Å². The number of aromatic nitrogens is 2. The molecule has 1 amide bonds. The molecule has 0 aliphatic heterocycles. The van der Waals surface area contributed by atoms with Gasteiger partial charge in [0.05, 0.1) is 17.4 Å². The Morgan fingerprint density at radius 2 is 2.16 bits per heavy atom. The largest absolute Gasteiger partial charge is 0.395 e. The number of aromatic amines is 1. The number of amides is 1. The molecule has 19 heavy (non-hydrogen) atoms. The molecular weight excluding hydrogens is 260 g/mol. The van der Waals surface area contributed by atoms with E-state index in [0.717, 1.165) is 5.56 Å². The van der Waals surface area contributed by atoms with Crippen LogP contribution < -0.4 is 11.1 Å². The molecule has 1 atom stereocenters. The number of hydrogen-bond donors (Lipinski definition) is 3. The van der Waals surface area contributed by atoms with Gasteiger partial charge in [0.2, 0.25) is 0 Å². The minimum absolute atomic E-state index is 0.0612. The number of aryl methyl sites for hydroxylation is 3. The van der Waals surface area contributed by atoms with Gasteiger partial charge >= 0.3 is 0 Å². The first-order valence-electron chi connectivity index (χ1n) is 6.08. The molecule has 6 heteroatoms. The van der Waals surface area contributed by atoms with Gasteiger partial charge in [-0.3, -0.25) is 9.89 Å². The SMILES string of the molecule is Cc1cc(C(C)NC(=O)c2n[nH]c(C)c2N)c(C)s1. The summed E-state index contributed by atoms with van der Waals surface area (Å²) in [5.74, 6) is -0.252. The predicted octanol–water partition coefficient (Wildman–Crippen LogP) is 2.47. The van der Waals surface area contributed by atoms with E-state index in [1.807, 2.05) is 6.92 Å². The number of hydrogen-bond acceptors (Lipinski definition) is 4. The molecule has 0 radical (unpaired) electrons. The molecule has 0 saturated heterocycles. The summed E-state index contributed by atoms with van der Waals surface area (Å²) in [6, 6.07) is 2.04. The second-order valence-electron chi connectivity index (χ2n) is 4.67. The summed E-state index contributed by atoms with van der Waals surface area (Å²) in [6.45, 7) is 7.87. The van der Waals surface area contributed by atoms with E-state index < -0.39 is 0 Å². The third-order valence-electron chi connectivity index (χ3n) is 3.10. The number of H-pyrrole nitrogens is 1. The highest BCUT2D eigenvalue weighted by Gasteiger charge is 2.19. The van der Waals surface area contributed by atoms with Crippen molar-refractivity contribution in [3.05, 3.63) is 32.8 Å². The van der Waals surface area contributed by atoms with Crippen molar-refractivity contribution in [2.45, 2.75) is 33.7 Å². The molecule has 0 fully saturated rings. The predicted molar refractivity (Wildman–Crippen MR) is 77.4 cm³/mol. The summed E-state index contributed by atoms with van der Waals surface area (Å²) in [5.41, 5.74) is 8.31. The van der Waals surface area contributed by atoms with E-state index in [4.69, 9.17) is 5.73 Å². The summed E-state index contributed by atoms with van der Waals surface area (Å²) in [4.78, 5) is 14.6. The van der Waals surface area contributed by atoms with Crippen LogP contribution in [0.5, 0.6) is 0 Å². The Kier molecular flexibility index (Phi) is 3.61. The third-order valence-corrected chi connectivity index (χ3v) is 4.08. The molecule has 0 aliphatic rings. The van der Waals surface area contributed by atoms with E-state index in [1.165, 1.54) is 9.75 Å². The van der Waals surface area contributed by atoms with Crippen molar-refractivity contribution in [3.63, 3.8) is 0 Å². The third kappa shape index (κ3) is 2.63. The number of nitrogens with zero attached hydrogens (tertiary/aromatic N) is 1. The first-order chi connectivity index (χ1) is 8.90. The average Bonchev–Trinajstić information content (AvgIpc) is 2.83. The Labute approximate surface area is 116 Å². The maximum Gasteiger partial charge on any atom is 0.274 e. The number of nitrogen functional groups attached to an aromatic ring is 1. The Morgan fingerprint density at radius 1 is 1.47 bits per heavy atom. The highest BCUT2D eigenvalue weighted by molar-refractivity contribution is 7.12. The Hall–Kier alpha value is -1.82. The molecule has 2 rings (SSSR count). The van der Waals surface area contributed by atoms with Crippen molar-refractivity contribution in [2.75, 3.05) is 5.73 Å². The lowest BCUT2D eigenvalue weighted by atomic mass is 10.1. The summed E-state index contributed by atoms with van der Waals surface area (Å²) < 4.78 is 0. The Morgan fingerprint density at radius 3 is 2.63 bits per heavy atom. The molecule has 2 aromatic rings. The van der Waals surface area contributed by atoms with Crippen molar-refractivity contribution in [2.24, 2.45) is 0 Å². The van der Waals surface area contributed by atoms with Crippen molar-refractivity contribution in [1.29, 1.82) is 0 Å². The van der Waals surface area contributed by atoms with Crippen LogP contribution in [0.15, 0.2) is 6.07 Å². The van der Waals surface area contributed by atoms with Crippen molar-refractivity contribution in [1.82, 2.24) is 15.5 Å². The number of anilines is 1. The van der Waals surface area contributed by atoms with Crippen LogP contribution in [0.25, 0.3) is 0 Å². The fourth-order valence-electron chi connectivity index (χ4n) is 2.03. The number of nitrogens with one attached hydrogen (secondary N) is 2. The van der Waals surface area contributed by atoms with Crippen LogP contribution >= 0.6 is 11.3 Å². The highest BCUT2D eigenvalue weighted by Crippen LogP contribution is 2.26. The van der Waals surface area contributed by atoms with Crippen molar-refractivity contribution < 1.29 is 4.79 Å². The quantitative estimate of drug-likeness (QED) is 0.806. The number of thiophene rings is 1. The molecule has 2 heterocycles. The molecule has 0 bridgehead atoms. The van der Waals surface area contributed by atoms with E-state index >= 15 is 0 Å². The Bertz CT molecular complexity index is 614. The lowest BCUT2D eigenvalue weighted by Gasteiger charge is -2.13. The van der Waals surface area contributed by atoms with Crippen LogP contribution in [0.1, 0.15) is 44.5 Å². The molecule has 0 aromatic carbocycles. The maximum absolute atomic E-state index is 12.1. The number of carbonyl (C=O) groups is 1. The number of nitrogens with two attached hydrogens (primary N) is 1. The standard InChI is InChI=1S/C13H18N4OS/c1-6-5-10(9(4)19-6)7(2)15-13(18)12-11(14)8(3)16-17-12/h5,7H,14H2,1-4H3,(H,15,18)(H,16,17). The first kappa shape index (κ1) is 13.6. The molecule has 102 valence electrons.